The van der Waals surface area contributed by atoms with Gasteiger partial charge in [-0.05, 0) is 31.5 Å². The molecule has 136 valence electrons. The van der Waals surface area contributed by atoms with Crippen LogP contribution < -0.4 is 0 Å². The van der Waals surface area contributed by atoms with E-state index in [1.165, 1.54) is 23.5 Å². The first-order valence-electron chi connectivity index (χ1n) is 7.53. The Hall–Kier alpha value is -1.16. The van der Waals surface area contributed by atoms with Gasteiger partial charge in [-0.2, -0.15) is 30.2 Å². The van der Waals surface area contributed by atoms with Crippen molar-refractivity contribution in [1.29, 1.82) is 0 Å². The highest BCUT2D eigenvalue weighted by molar-refractivity contribution is 7.86. The van der Waals surface area contributed by atoms with Crippen LogP contribution >= 0.6 is 0 Å². The lowest BCUT2D eigenvalue weighted by atomic mass is 10.1. The second-order valence-electron chi connectivity index (χ2n) is 6.03. The van der Waals surface area contributed by atoms with Crippen LogP contribution in [0.25, 0.3) is 0 Å². The summed E-state index contributed by atoms with van der Waals surface area (Å²) < 4.78 is 70.9. The van der Waals surface area contributed by atoms with E-state index in [4.69, 9.17) is 4.74 Å². The van der Waals surface area contributed by atoms with Crippen molar-refractivity contribution < 1.29 is 26.3 Å². The highest BCUT2D eigenvalue weighted by Crippen LogP contribution is 2.29. The van der Waals surface area contributed by atoms with Crippen molar-refractivity contribution in [2.45, 2.75) is 38.8 Å². The Morgan fingerprint density at radius 1 is 1.17 bits per heavy atom. The molecule has 0 bridgehead atoms. The molecule has 1 fully saturated rings. The molecule has 9 heteroatoms. The van der Waals surface area contributed by atoms with E-state index in [0.29, 0.717) is 5.56 Å². The maximum absolute atomic E-state index is 12.6. The molecule has 1 saturated heterocycles. The topological polar surface area (TPSA) is 49.9 Å². The number of ether oxygens (including phenoxy) is 1. The van der Waals surface area contributed by atoms with Gasteiger partial charge in [0.2, 0.25) is 0 Å². The monoisotopic (exact) mass is 366 g/mol. The molecule has 0 spiro atoms. The first-order chi connectivity index (χ1) is 11.0. The number of rotatable bonds is 4. The average Bonchev–Trinajstić information content (AvgIpc) is 2.45. The minimum atomic E-state index is -4.41. The molecule has 2 atom stereocenters. The summed E-state index contributed by atoms with van der Waals surface area (Å²) in [5.74, 6) is 0. The molecular formula is C15H21F3N2O3S. The second kappa shape index (κ2) is 6.99. The van der Waals surface area contributed by atoms with E-state index in [1.54, 1.807) is 13.8 Å². The number of hydrogen-bond donors (Lipinski definition) is 0. The molecule has 0 radical (unpaired) electrons. The number of alkyl halides is 3. The zero-order chi connectivity index (χ0) is 18.1. The predicted molar refractivity (Wildman–Crippen MR) is 83.4 cm³/mol. The zero-order valence-corrected chi connectivity index (χ0v) is 14.6. The van der Waals surface area contributed by atoms with Gasteiger partial charge in [0.05, 0.1) is 17.8 Å². The summed E-state index contributed by atoms with van der Waals surface area (Å²) in [6, 6.07) is 4.49. The van der Waals surface area contributed by atoms with Crippen molar-refractivity contribution in [3.8, 4) is 0 Å². The molecule has 0 amide bonds. The Kier molecular flexibility index (Phi) is 5.58. The minimum absolute atomic E-state index is 0.000585. The van der Waals surface area contributed by atoms with Gasteiger partial charge in [0, 0.05) is 26.7 Å². The largest absolute Gasteiger partial charge is 0.416 e. The summed E-state index contributed by atoms with van der Waals surface area (Å²) in [5, 5.41) is 0. The Morgan fingerprint density at radius 2 is 1.67 bits per heavy atom. The summed E-state index contributed by atoms with van der Waals surface area (Å²) >= 11 is 0. The van der Waals surface area contributed by atoms with E-state index in [9.17, 15) is 21.6 Å². The molecule has 24 heavy (non-hydrogen) atoms. The van der Waals surface area contributed by atoms with Crippen LogP contribution in [-0.2, 0) is 27.7 Å². The summed E-state index contributed by atoms with van der Waals surface area (Å²) in [5.41, 5.74) is -0.268. The van der Waals surface area contributed by atoms with E-state index in [-0.39, 0.29) is 31.8 Å². The fraction of sp³-hybridized carbons (Fsp3) is 0.600. The van der Waals surface area contributed by atoms with Crippen molar-refractivity contribution in [3.05, 3.63) is 35.4 Å². The second-order valence-corrected chi connectivity index (χ2v) is 8.07. The zero-order valence-electron chi connectivity index (χ0n) is 13.7. The fourth-order valence-electron chi connectivity index (χ4n) is 2.65. The van der Waals surface area contributed by atoms with Gasteiger partial charge in [-0.25, -0.2) is 0 Å². The highest BCUT2D eigenvalue weighted by atomic mass is 32.2. The lowest BCUT2D eigenvalue weighted by molar-refractivity contribution is -0.137. The van der Waals surface area contributed by atoms with Gasteiger partial charge in [0.25, 0.3) is 10.2 Å². The Labute approximate surface area is 140 Å². The Morgan fingerprint density at radius 3 is 2.12 bits per heavy atom. The van der Waals surface area contributed by atoms with Crippen LogP contribution in [0.2, 0.25) is 0 Å². The molecule has 1 aliphatic rings. The molecule has 0 aliphatic carbocycles. The van der Waals surface area contributed by atoms with Crippen molar-refractivity contribution in [2.75, 3.05) is 20.1 Å². The van der Waals surface area contributed by atoms with Gasteiger partial charge in [-0.3, -0.25) is 0 Å². The number of morpholine rings is 1. The van der Waals surface area contributed by atoms with Crippen molar-refractivity contribution in [1.82, 2.24) is 8.61 Å². The van der Waals surface area contributed by atoms with Crippen LogP contribution in [-0.4, -0.2) is 49.4 Å². The first kappa shape index (κ1) is 19.2. The number of benzene rings is 1. The average molecular weight is 366 g/mol. The van der Waals surface area contributed by atoms with Gasteiger partial charge < -0.3 is 4.74 Å². The molecule has 1 aromatic rings. The van der Waals surface area contributed by atoms with Gasteiger partial charge >= 0.3 is 6.18 Å². The highest BCUT2D eigenvalue weighted by Gasteiger charge is 2.34. The van der Waals surface area contributed by atoms with E-state index in [2.05, 4.69) is 0 Å². The van der Waals surface area contributed by atoms with Gasteiger partial charge in [-0.1, -0.05) is 12.1 Å². The number of halogens is 3. The Bertz CT molecular complexity index is 652. The molecule has 5 nitrogen and oxygen atoms in total. The molecule has 1 aliphatic heterocycles. The van der Waals surface area contributed by atoms with Gasteiger partial charge in [-0.15, -0.1) is 0 Å². The molecule has 0 aromatic heterocycles. The van der Waals surface area contributed by atoms with Crippen molar-refractivity contribution >= 4 is 10.2 Å². The molecule has 2 unspecified atom stereocenters. The van der Waals surface area contributed by atoms with Gasteiger partial charge in [0.15, 0.2) is 0 Å². The smallest absolute Gasteiger partial charge is 0.373 e. The van der Waals surface area contributed by atoms with Crippen molar-refractivity contribution in [3.63, 3.8) is 0 Å². The van der Waals surface area contributed by atoms with E-state index < -0.39 is 21.9 Å². The third kappa shape index (κ3) is 4.47. The van der Waals surface area contributed by atoms with E-state index in [0.717, 1.165) is 16.4 Å². The van der Waals surface area contributed by atoms with Crippen LogP contribution in [0.3, 0.4) is 0 Å². The van der Waals surface area contributed by atoms with Crippen LogP contribution in [0.5, 0.6) is 0 Å². The molecular weight excluding hydrogens is 345 g/mol. The summed E-state index contributed by atoms with van der Waals surface area (Å²) in [4.78, 5) is 0. The fourth-order valence-corrected chi connectivity index (χ4v) is 4.16. The number of nitrogens with zero attached hydrogens (tertiary/aromatic N) is 2. The van der Waals surface area contributed by atoms with Crippen LogP contribution in [0.1, 0.15) is 25.0 Å². The first-order valence-corrected chi connectivity index (χ1v) is 8.93. The van der Waals surface area contributed by atoms with Crippen LogP contribution in [0, 0.1) is 0 Å². The van der Waals surface area contributed by atoms with Crippen molar-refractivity contribution in [2.24, 2.45) is 0 Å². The third-order valence-corrected chi connectivity index (χ3v) is 5.66. The third-order valence-electron chi connectivity index (χ3n) is 3.79. The number of hydrogen-bond acceptors (Lipinski definition) is 3. The summed E-state index contributed by atoms with van der Waals surface area (Å²) in [6.45, 7) is 4.11. The van der Waals surface area contributed by atoms with E-state index >= 15 is 0 Å². The van der Waals surface area contributed by atoms with E-state index in [1.807, 2.05) is 0 Å². The maximum atomic E-state index is 12.6. The lowest BCUT2D eigenvalue weighted by Crippen LogP contribution is -2.52. The summed E-state index contributed by atoms with van der Waals surface area (Å²) in [7, 11) is -2.29. The quantitative estimate of drug-likeness (QED) is 0.823. The predicted octanol–water partition coefficient (Wildman–Crippen LogP) is 2.49. The molecule has 0 N–H and O–H groups in total. The molecule has 1 heterocycles. The van der Waals surface area contributed by atoms with Gasteiger partial charge in [0.1, 0.15) is 0 Å². The lowest BCUT2D eigenvalue weighted by Gasteiger charge is -2.36. The minimum Gasteiger partial charge on any atom is -0.373 e. The molecule has 0 saturated carbocycles. The SMILES string of the molecule is CC1CN(S(=O)(=O)N(C)Cc2ccc(C(F)(F)F)cc2)CC(C)O1. The molecule has 2 rings (SSSR count). The maximum Gasteiger partial charge on any atom is 0.416 e. The van der Waals surface area contributed by atoms with Crippen LogP contribution in [0.15, 0.2) is 24.3 Å². The summed E-state index contributed by atoms with van der Waals surface area (Å²) in [6.07, 6.45) is -4.82. The normalized spacial score (nSPS) is 23.6. The Balaban J connectivity index is 2.09. The van der Waals surface area contributed by atoms with Crippen LogP contribution in [0.4, 0.5) is 13.2 Å². The molecule has 1 aromatic carbocycles. The standard InChI is InChI=1S/C15H21F3N2O3S/c1-11-8-20(9-12(2)23-11)24(21,22)19(3)10-13-4-6-14(7-5-13)15(16,17)18/h4-7,11-12H,8-10H2,1-3H3.